The van der Waals surface area contributed by atoms with Gasteiger partial charge in [0.25, 0.3) is 0 Å². The molecule has 0 radical (unpaired) electrons. The van der Waals surface area contributed by atoms with Gasteiger partial charge in [-0.25, -0.2) is 4.98 Å². The number of para-hydroxylation sites is 1. The third kappa shape index (κ3) is 5.41. The topological polar surface area (TPSA) is 97.6 Å². The number of amides is 2. The molecule has 0 saturated heterocycles. The van der Waals surface area contributed by atoms with Crippen LogP contribution in [0.2, 0.25) is 0 Å². The van der Waals surface area contributed by atoms with Gasteiger partial charge in [0.05, 0.1) is 30.8 Å². The van der Waals surface area contributed by atoms with Crippen molar-refractivity contribution in [3.05, 3.63) is 47.2 Å². The predicted molar refractivity (Wildman–Crippen MR) is 110 cm³/mol. The van der Waals surface area contributed by atoms with E-state index in [4.69, 9.17) is 9.26 Å². The Balaban J connectivity index is 1.59. The van der Waals surface area contributed by atoms with Crippen molar-refractivity contribution in [2.75, 3.05) is 25.5 Å². The summed E-state index contributed by atoms with van der Waals surface area (Å²) < 4.78 is 10.5. The molecule has 0 saturated carbocycles. The fourth-order valence-electron chi connectivity index (χ4n) is 2.64. The quantitative estimate of drug-likeness (QED) is 0.608. The highest BCUT2D eigenvalue weighted by molar-refractivity contribution is 7.13. The number of hydrogen-bond acceptors (Lipinski definition) is 7. The summed E-state index contributed by atoms with van der Waals surface area (Å²) in [6.45, 7) is 4.13. The lowest BCUT2D eigenvalue weighted by molar-refractivity contribution is -0.132. The summed E-state index contributed by atoms with van der Waals surface area (Å²) in [5, 5.41) is 8.93. The van der Waals surface area contributed by atoms with Gasteiger partial charge in [0.1, 0.15) is 16.5 Å². The average molecular weight is 414 g/mol. The van der Waals surface area contributed by atoms with E-state index in [0.29, 0.717) is 23.9 Å². The van der Waals surface area contributed by atoms with Crippen LogP contribution in [0, 0.1) is 6.92 Å². The summed E-state index contributed by atoms with van der Waals surface area (Å²) in [6, 6.07) is 9.28. The van der Waals surface area contributed by atoms with Crippen LogP contribution in [0.1, 0.15) is 18.4 Å². The molecule has 0 fully saturated rings. The minimum absolute atomic E-state index is 0.0884. The Hall–Kier alpha value is -3.20. The van der Waals surface area contributed by atoms with Gasteiger partial charge in [-0.2, -0.15) is 0 Å². The van der Waals surface area contributed by atoms with Gasteiger partial charge in [-0.1, -0.05) is 17.3 Å². The summed E-state index contributed by atoms with van der Waals surface area (Å²) in [5.74, 6) is 1.13. The van der Waals surface area contributed by atoms with E-state index in [1.807, 2.05) is 36.6 Å². The highest BCUT2D eigenvalue weighted by atomic mass is 32.1. The lowest BCUT2D eigenvalue weighted by Gasteiger charge is -2.15. The van der Waals surface area contributed by atoms with Gasteiger partial charge in [0.2, 0.25) is 11.8 Å². The van der Waals surface area contributed by atoms with E-state index in [9.17, 15) is 9.59 Å². The smallest absolute Gasteiger partial charge is 0.245 e. The van der Waals surface area contributed by atoms with E-state index in [0.717, 1.165) is 16.3 Å². The second-order valence-electron chi connectivity index (χ2n) is 6.37. The number of nitrogens with zero attached hydrogens (tertiary/aromatic N) is 3. The van der Waals surface area contributed by atoms with Crippen LogP contribution in [0.3, 0.4) is 0 Å². The van der Waals surface area contributed by atoms with Crippen molar-refractivity contribution >= 4 is 29.0 Å². The molecule has 0 bridgehead atoms. The zero-order valence-electron chi connectivity index (χ0n) is 16.5. The number of aromatic nitrogens is 2. The monoisotopic (exact) mass is 414 g/mol. The maximum atomic E-state index is 12.5. The van der Waals surface area contributed by atoms with Crippen LogP contribution in [0.25, 0.3) is 10.6 Å². The van der Waals surface area contributed by atoms with Gasteiger partial charge in [0.15, 0.2) is 5.82 Å². The Bertz CT molecular complexity index is 998. The molecule has 3 aromatic rings. The molecule has 8 nitrogen and oxygen atoms in total. The third-order valence-corrected chi connectivity index (χ3v) is 4.93. The second-order valence-corrected chi connectivity index (χ2v) is 7.23. The molecule has 0 aliphatic carbocycles. The average Bonchev–Trinajstić information content (AvgIpc) is 3.31. The van der Waals surface area contributed by atoms with E-state index in [2.05, 4.69) is 15.5 Å². The van der Waals surface area contributed by atoms with Crippen LogP contribution in [0.15, 0.2) is 40.2 Å². The molecule has 0 aliphatic heterocycles. The molecule has 1 N–H and O–H groups in total. The van der Waals surface area contributed by atoms with Crippen LogP contribution in [0.5, 0.6) is 5.75 Å². The third-order valence-electron chi connectivity index (χ3n) is 4.00. The molecule has 3 rings (SSSR count). The van der Waals surface area contributed by atoms with E-state index in [-0.39, 0.29) is 24.8 Å². The molecule has 0 spiro atoms. The molecule has 1 aromatic carbocycles. The maximum absolute atomic E-state index is 12.5. The first kappa shape index (κ1) is 20.5. The Kier molecular flexibility index (Phi) is 6.61. The Morgan fingerprint density at radius 1 is 1.31 bits per heavy atom. The van der Waals surface area contributed by atoms with Crippen molar-refractivity contribution in [3.63, 3.8) is 0 Å². The zero-order valence-corrected chi connectivity index (χ0v) is 17.3. The van der Waals surface area contributed by atoms with E-state index < -0.39 is 0 Å². The van der Waals surface area contributed by atoms with Crippen LogP contribution >= 0.6 is 11.3 Å². The van der Waals surface area contributed by atoms with Crippen molar-refractivity contribution in [2.24, 2.45) is 0 Å². The number of benzene rings is 1. The summed E-state index contributed by atoms with van der Waals surface area (Å²) in [6.07, 6.45) is 0.111. The van der Waals surface area contributed by atoms with Gasteiger partial charge >= 0.3 is 0 Å². The van der Waals surface area contributed by atoms with Crippen LogP contribution in [-0.2, 0) is 16.0 Å². The summed E-state index contributed by atoms with van der Waals surface area (Å²) in [7, 11) is 1.58. The number of rotatable bonds is 8. The molecule has 2 amide bonds. The fraction of sp³-hybridized carbons (Fsp3) is 0.300. The van der Waals surface area contributed by atoms with Crippen molar-refractivity contribution in [1.29, 1.82) is 0 Å². The van der Waals surface area contributed by atoms with E-state index >= 15 is 0 Å². The van der Waals surface area contributed by atoms with E-state index in [1.54, 1.807) is 20.0 Å². The maximum Gasteiger partial charge on any atom is 0.245 e. The molecule has 0 atom stereocenters. The lowest BCUT2D eigenvalue weighted by Crippen LogP contribution is -2.35. The van der Waals surface area contributed by atoms with Gasteiger partial charge < -0.3 is 19.5 Å². The van der Waals surface area contributed by atoms with Gasteiger partial charge in [-0.05, 0) is 26.0 Å². The normalized spacial score (nSPS) is 10.6. The standard InChI is InChI=1S/C20H22N4O4S/c1-4-27-16-8-6-5-7-15(16)20-21-14(12-29-20)10-19(26)24(3)11-18(25)22-17-9-13(2)28-23-17/h5-9,12H,4,10-11H2,1-3H3,(H,22,23,25). The molecule has 152 valence electrons. The van der Waals surface area contributed by atoms with Crippen LogP contribution in [-0.4, -0.2) is 47.1 Å². The number of anilines is 1. The Morgan fingerprint density at radius 2 is 2.10 bits per heavy atom. The number of carbonyl (C=O) groups excluding carboxylic acids is 2. The highest BCUT2D eigenvalue weighted by Gasteiger charge is 2.17. The number of likely N-dealkylation sites (N-methyl/N-ethyl adjacent to an activating group) is 1. The van der Waals surface area contributed by atoms with E-state index in [1.165, 1.54) is 16.2 Å². The molecule has 2 aromatic heterocycles. The first-order valence-corrected chi connectivity index (χ1v) is 9.98. The largest absolute Gasteiger partial charge is 0.493 e. The summed E-state index contributed by atoms with van der Waals surface area (Å²) in [4.78, 5) is 30.5. The molecule has 29 heavy (non-hydrogen) atoms. The first-order valence-electron chi connectivity index (χ1n) is 9.10. The summed E-state index contributed by atoms with van der Waals surface area (Å²) >= 11 is 1.45. The number of aryl methyl sites for hydroxylation is 1. The number of ether oxygens (including phenoxy) is 1. The second kappa shape index (κ2) is 9.33. The summed E-state index contributed by atoms with van der Waals surface area (Å²) in [5.41, 5.74) is 1.55. The molecule has 0 aliphatic rings. The number of hydrogen-bond donors (Lipinski definition) is 1. The van der Waals surface area contributed by atoms with Crippen molar-refractivity contribution in [3.8, 4) is 16.3 Å². The van der Waals surface area contributed by atoms with Crippen molar-refractivity contribution in [2.45, 2.75) is 20.3 Å². The zero-order chi connectivity index (χ0) is 20.8. The molecular formula is C20H22N4O4S. The van der Waals surface area contributed by atoms with Gasteiger partial charge in [0, 0.05) is 18.5 Å². The predicted octanol–water partition coefficient (Wildman–Crippen LogP) is 3.14. The molecular weight excluding hydrogens is 392 g/mol. The Morgan fingerprint density at radius 3 is 2.83 bits per heavy atom. The molecule has 2 heterocycles. The highest BCUT2D eigenvalue weighted by Crippen LogP contribution is 2.32. The van der Waals surface area contributed by atoms with Crippen LogP contribution < -0.4 is 10.1 Å². The Labute approximate surface area is 172 Å². The van der Waals surface area contributed by atoms with Crippen molar-refractivity contribution in [1.82, 2.24) is 15.0 Å². The van der Waals surface area contributed by atoms with Gasteiger partial charge in [-0.15, -0.1) is 11.3 Å². The van der Waals surface area contributed by atoms with Gasteiger partial charge in [-0.3, -0.25) is 9.59 Å². The van der Waals surface area contributed by atoms with Crippen molar-refractivity contribution < 1.29 is 18.8 Å². The molecule has 9 heteroatoms. The SMILES string of the molecule is CCOc1ccccc1-c1nc(CC(=O)N(C)CC(=O)Nc2cc(C)on2)cs1. The minimum Gasteiger partial charge on any atom is -0.493 e. The number of carbonyl (C=O) groups is 2. The first-order chi connectivity index (χ1) is 14.0. The molecule has 0 unspecified atom stereocenters. The fourth-order valence-corrected chi connectivity index (χ4v) is 3.49. The van der Waals surface area contributed by atoms with Crippen LogP contribution in [0.4, 0.5) is 5.82 Å². The number of thiazole rings is 1. The number of nitrogens with one attached hydrogen (secondary N) is 1. The minimum atomic E-state index is -0.348. The lowest BCUT2D eigenvalue weighted by atomic mass is 10.2.